The molecule has 1 aliphatic heterocycles. The van der Waals surface area contributed by atoms with Crippen LogP contribution in [0.4, 0.5) is 5.69 Å². The standard InChI is InChI=1S/C15H17N3O2S/c1-10-5-3-4-6-13(10)17-14(20)12(11(2)19)9-18-8-7-16-15(18)21/h3-6,9H,7-8H2,1-2H3,(H,16,21)(H,17,20)/b12-9+. The van der Waals surface area contributed by atoms with E-state index < -0.39 is 5.91 Å². The summed E-state index contributed by atoms with van der Waals surface area (Å²) in [6, 6.07) is 7.42. The molecule has 1 saturated heterocycles. The molecule has 0 radical (unpaired) electrons. The molecular weight excluding hydrogens is 286 g/mol. The van der Waals surface area contributed by atoms with E-state index in [-0.39, 0.29) is 11.4 Å². The molecule has 2 rings (SSSR count). The molecule has 110 valence electrons. The molecule has 0 atom stereocenters. The van der Waals surface area contributed by atoms with Crippen molar-refractivity contribution in [3.63, 3.8) is 0 Å². The van der Waals surface area contributed by atoms with Gasteiger partial charge in [0.15, 0.2) is 10.9 Å². The van der Waals surface area contributed by atoms with Crippen molar-refractivity contribution in [1.29, 1.82) is 0 Å². The molecule has 2 N–H and O–H groups in total. The summed E-state index contributed by atoms with van der Waals surface area (Å²) in [5.74, 6) is -0.720. The van der Waals surface area contributed by atoms with Crippen molar-refractivity contribution < 1.29 is 9.59 Å². The lowest BCUT2D eigenvalue weighted by Crippen LogP contribution is -2.27. The number of carbonyl (C=O) groups is 2. The van der Waals surface area contributed by atoms with Gasteiger partial charge in [0.25, 0.3) is 5.91 Å². The fourth-order valence-electron chi connectivity index (χ4n) is 1.98. The van der Waals surface area contributed by atoms with Gasteiger partial charge in [0.05, 0.1) is 5.57 Å². The van der Waals surface area contributed by atoms with Gasteiger partial charge in [-0.1, -0.05) is 18.2 Å². The molecule has 1 heterocycles. The van der Waals surface area contributed by atoms with E-state index in [4.69, 9.17) is 12.2 Å². The van der Waals surface area contributed by atoms with Crippen LogP contribution in [0.5, 0.6) is 0 Å². The molecule has 1 fully saturated rings. The van der Waals surface area contributed by atoms with Crippen molar-refractivity contribution in [3.05, 3.63) is 41.6 Å². The molecule has 0 spiro atoms. The Kier molecular flexibility index (Phi) is 4.70. The molecule has 21 heavy (non-hydrogen) atoms. The number of hydrogen-bond donors (Lipinski definition) is 2. The highest BCUT2D eigenvalue weighted by Gasteiger charge is 2.20. The summed E-state index contributed by atoms with van der Waals surface area (Å²) in [5.41, 5.74) is 1.72. The molecule has 0 unspecified atom stereocenters. The first-order chi connectivity index (χ1) is 9.99. The van der Waals surface area contributed by atoms with Crippen LogP contribution in [0.2, 0.25) is 0 Å². The Morgan fingerprint density at radius 2 is 2.10 bits per heavy atom. The van der Waals surface area contributed by atoms with E-state index in [9.17, 15) is 9.59 Å². The quantitative estimate of drug-likeness (QED) is 0.383. The third kappa shape index (κ3) is 3.66. The van der Waals surface area contributed by atoms with Crippen LogP contribution in [0.3, 0.4) is 0 Å². The average molecular weight is 303 g/mol. The van der Waals surface area contributed by atoms with E-state index in [1.807, 2.05) is 25.1 Å². The number of nitrogens with one attached hydrogen (secondary N) is 2. The summed E-state index contributed by atoms with van der Waals surface area (Å²) in [6.07, 6.45) is 1.51. The van der Waals surface area contributed by atoms with Crippen LogP contribution in [0.1, 0.15) is 12.5 Å². The summed E-state index contributed by atoms with van der Waals surface area (Å²) in [5, 5.41) is 6.27. The number of aryl methyl sites for hydroxylation is 1. The Hall–Kier alpha value is -2.21. The minimum absolute atomic E-state index is 0.0873. The number of nitrogens with zero attached hydrogens (tertiary/aromatic N) is 1. The molecule has 5 nitrogen and oxygen atoms in total. The highest BCUT2D eigenvalue weighted by molar-refractivity contribution is 7.80. The monoisotopic (exact) mass is 303 g/mol. The first kappa shape index (κ1) is 15.2. The van der Waals surface area contributed by atoms with E-state index >= 15 is 0 Å². The van der Waals surface area contributed by atoms with Crippen LogP contribution in [0.25, 0.3) is 0 Å². The summed E-state index contributed by atoms with van der Waals surface area (Å²) < 4.78 is 0. The SMILES string of the molecule is CC(=O)/C(=C\N1CCNC1=S)C(=O)Nc1ccccc1C. The largest absolute Gasteiger partial charge is 0.360 e. The van der Waals surface area contributed by atoms with Gasteiger partial charge in [-0.15, -0.1) is 0 Å². The van der Waals surface area contributed by atoms with Gasteiger partial charge >= 0.3 is 0 Å². The van der Waals surface area contributed by atoms with Crippen LogP contribution in [0, 0.1) is 6.92 Å². The second-order valence-corrected chi connectivity index (χ2v) is 5.18. The number of hydrogen-bond acceptors (Lipinski definition) is 3. The third-order valence-corrected chi connectivity index (χ3v) is 3.57. The number of carbonyl (C=O) groups excluding carboxylic acids is 2. The smallest absolute Gasteiger partial charge is 0.260 e. The molecule has 1 aromatic carbocycles. The van der Waals surface area contributed by atoms with E-state index in [2.05, 4.69) is 10.6 Å². The maximum absolute atomic E-state index is 12.3. The zero-order valence-corrected chi connectivity index (χ0v) is 12.8. The van der Waals surface area contributed by atoms with Gasteiger partial charge in [-0.25, -0.2) is 0 Å². The number of benzene rings is 1. The van der Waals surface area contributed by atoms with Gasteiger partial charge in [0.2, 0.25) is 0 Å². The number of thiocarbonyl (C=S) groups is 1. The summed E-state index contributed by atoms with van der Waals surface area (Å²) in [6.45, 7) is 4.62. The van der Waals surface area contributed by atoms with Gasteiger partial charge in [-0.3, -0.25) is 9.59 Å². The lowest BCUT2D eigenvalue weighted by molar-refractivity contribution is -0.119. The second kappa shape index (κ2) is 6.49. The Morgan fingerprint density at radius 3 is 2.67 bits per heavy atom. The topological polar surface area (TPSA) is 61.4 Å². The lowest BCUT2D eigenvalue weighted by atomic mass is 10.1. The zero-order chi connectivity index (χ0) is 15.4. The molecule has 6 heteroatoms. The van der Waals surface area contributed by atoms with E-state index in [0.29, 0.717) is 23.9 Å². The Labute approximate surface area is 129 Å². The van der Waals surface area contributed by atoms with Crippen molar-refractivity contribution in [2.45, 2.75) is 13.8 Å². The molecule has 1 aliphatic rings. The van der Waals surface area contributed by atoms with Crippen LogP contribution in [-0.4, -0.2) is 34.8 Å². The predicted molar refractivity (Wildman–Crippen MR) is 85.9 cm³/mol. The molecule has 1 aromatic rings. The fraction of sp³-hybridized carbons (Fsp3) is 0.267. The Balaban J connectivity index is 2.20. The normalized spacial score (nSPS) is 14.9. The predicted octanol–water partition coefficient (Wildman–Crippen LogP) is 1.60. The van der Waals surface area contributed by atoms with Crippen molar-refractivity contribution in [2.75, 3.05) is 18.4 Å². The van der Waals surface area contributed by atoms with E-state index in [1.54, 1.807) is 11.0 Å². The molecule has 0 bridgehead atoms. The highest BCUT2D eigenvalue weighted by Crippen LogP contribution is 2.15. The van der Waals surface area contributed by atoms with Gasteiger partial charge in [0.1, 0.15) is 0 Å². The maximum Gasteiger partial charge on any atom is 0.260 e. The van der Waals surface area contributed by atoms with Crippen molar-refractivity contribution >= 4 is 34.7 Å². The fourth-order valence-corrected chi connectivity index (χ4v) is 2.22. The summed E-state index contributed by atoms with van der Waals surface area (Å²) >= 11 is 5.11. The van der Waals surface area contributed by atoms with Crippen molar-refractivity contribution in [3.8, 4) is 0 Å². The number of amides is 1. The number of rotatable bonds is 4. The Bertz CT molecular complexity index is 625. The van der Waals surface area contributed by atoms with Crippen molar-refractivity contribution in [2.24, 2.45) is 0 Å². The molecule has 0 aromatic heterocycles. The average Bonchev–Trinajstić information content (AvgIpc) is 2.83. The lowest BCUT2D eigenvalue weighted by Gasteiger charge is -2.14. The van der Waals surface area contributed by atoms with Crippen LogP contribution in [-0.2, 0) is 9.59 Å². The highest BCUT2D eigenvalue weighted by atomic mass is 32.1. The van der Waals surface area contributed by atoms with Crippen molar-refractivity contribution in [1.82, 2.24) is 10.2 Å². The van der Waals surface area contributed by atoms with Gasteiger partial charge in [0, 0.05) is 25.0 Å². The number of Topliss-reactive ketones (excluding diaryl/α,β-unsaturated/α-hetero) is 1. The first-order valence-corrected chi connectivity index (χ1v) is 7.04. The number of ketones is 1. The summed E-state index contributed by atoms with van der Waals surface area (Å²) in [4.78, 5) is 25.7. The second-order valence-electron chi connectivity index (χ2n) is 4.79. The molecular formula is C15H17N3O2S. The zero-order valence-electron chi connectivity index (χ0n) is 12.0. The van der Waals surface area contributed by atoms with E-state index in [1.165, 1.54) is 13.1 Å². The minimum Gasteiger partial charge on any atom is -0.360 e. The van der Waals surface area contributed by atoms with Crippen LogP contribution in [0.15, 0.2) is 36.0 Å². The van der Waals surface area contributed by atoms with Gasteiger partial charge in [-0.2, -0.15) is 0 Å². The Morgan fingerprint density at radius 1 is 1.38 bits per heavy atom. The van der Waals surface area contributed by atoms with Gasteiger partial charge in [-0.05, 0) is 37.7 Å². The van der Waals surface area contributed by atoms with E-state index in [0.717, 1.165) is 5.56 Å². The first-order valence-electron chi connectivity index (χ1n) is 6.63. The maximum atomic E-state index is 12.3. The molecule has 0 saturated carbocycles. The van der Waals surface area contributed by atoms with Crippen LogP contribution >= 0.6 is 12.2 Å². The third-order valence-electron chi connectivity index (χ3n) is 3.19. The van der Waals surface area contributed by atoms with Gasteiger partial charge < -0.3 is 15.5 Å². The molecule has 0 aliphatic carbocycles. The molecule has 1 amide bonds. The summed E-state index contributed by atoms with van der Waals surface area (Å²) in [7, 11) is 0. The minimum atomic E-state index is -0.425. The van der Waals surface area contributed by atoms with Crippen LogP contribution < -0.4 is 10.6 Å². The number of para-hydroxylation sites is 1. The number of anilines is 1.